The number of hydrogen-bond acceptors (Lipinski definition) is 6. The highest BCUT2D eigenvalue weighted by molar-refractivity contribution is 5.96. The number of hydrogen-bond donors (Lipinski definition) is 3. The number of rotatable bonds is 6. The minimum atomic E-state index is -0.836. The maximum Gasteiger partial charge on any atom is 0.317 e. The second kappa shape index (κ2) is 6.49. The van der Waals surface area contributed by atoms with Crippen LogP contribution in [0.5, 0.6) is 0 Å². The Morgan fingerprint density at radius 1 is 1.43 bits per heavy atom. The Kier molecular flexibility index (Phi) is 4.69. The van der Waals surface area contributed by atoms with Crippen LogP contribution in [-0.4, -0.2) is 57.0 Å². The van der Waals surface area contributed by atoms with Gasteiger partial charge in [0.05, 0.1) is 6.54 Å². The number of nitrogens with one attached hydrogen (secondary N) is 1. The van der Waals surface area contributed by atoms with Crippen molar-refractivity contribution in [3.63, 3.8) is 0 Å². The molecule has 1 saturated carbocycles. The lowest BCUT2D eigenvalue weighted by Gasteiger charge is -2.42. The monoisotopic (exact) mass is 293 g/mol. The lowest BCUT2D eigenvalue weighted by Crippen LogP contribution is -2.54. The van der Waals surface area contributed by atoms with E-state index < -0.39 is 5.97 Å². The Balaban J connectivity index is 1.84. The quantitative estimate of drug-likeness (QED) is 0.659. The molecule has 1 amide bonds. The van der Waals surface area contributed by atoms with E-state index in [2.05, 4.69) is 15.3 Å². The number of nitrogens with two attached hydrogens (primary N) is 1. The number of anilines is 1. The van der Waals surface area contributed by atoms with Gasteiger partial charge in [0, 0.05) is 24.5 Å². The molecule has 1 fully saturated rings. The molecule has 21 heavy (non-hydrogen) atoms. The highest BCUT2D eigenvalue weighted by atomic mass is 16.4. The number of aromatic nitrogens is 2. The zero-order valence-corrected chi connectivity index (χ0v) is 11.8. The van der Waals surface area contributed by atoms with E-state index in [1.165, 1.54) is 12.4 Å². The molecule has 0 aliphatic heterocycles. The standard InChI is InChI=1S/C13H19N5O3/c1-2-18(7-10(19)20)9-5-8(6-9)17-13(21)11-12(14)16-4-3-15-11/h3-4,8-9H,2,5-7H2,1H3,(H2,14,16)(H,17,21)(H,19,20). The number of carboxylic acids is 1. The van der Waals surface area contributed by atoms with Crippen LogP contribution in [0, 0.1) is 0 Å². The van der Waals surface area contributed by atoms with Gasteiger partial charge >= 0.3 is 5.97 Å². The molecule has 0 spiro atoms. The summed E-state index contributed by atoms with van der Waals surface area (Å²) in [5, 5.41) is 11.7. The maximum atomic E-state index is 12.0. The lowest BCUT2D eigenvalue weighted by atomic mass is 9.85. The first-order chi connectivity index (χ1) is 10.0. The summed E-state index contributed by atoms with van der Waals surface area (Å²) in [6.07, 6.45) is 4.30. The van der Waals surface area contributed by atoms with Gasteiger partial charge < -0.3 is 16.2 Å². The number of carbonyl (C=O) groups is 2. The molecule has 0 radical (unpaired) electrons. The fourth-order valence-corrected chi connectivity index (χ4v) is 2.45. The molecule has 1 aromatic rings. The van der Waals surface area contributed by atoms with Crippen LogP contribution in [0.4, 0.5) is 5.82 Å². The molecule has 1 aliphatic rings. The molecule has 1 aromatic heterocycles. The van der Waals surface area contributed by atoms with Gasteiger partial charge in [-0.2, -0.15) is 0 Å². The van der Waals surface area contributed by atoms with Gasteiger partial charge in [-0.25, -0.2) is 9.97 Å². The smallest absolute Gasteiger partial charge is 0.317 e. The molecule has 0 atom stereocenters. The van der Waals surface area contributed by atoms with E-state index in [-0.39, 0.29) is 36.0 Å². The van der Waals surface area contributed by atoms with Crippen molar-refractivity contribution in [2.45, 2.75) is 31.8 Å². The third-order valence-corrected chi connectivity index (χ3v) is 3.65. The highest BCUT2D eigenvalue weighted by Gasteiger charge is 2.35. The fourth-order valence-electron chi connectivity index (χ4n) is 2.45. The normalized spacial score (nSPS) is 20.9. The van der Waals surface area contributed by atoms with Crippen molar-refractivity contribution in [1.29, 1.82) is 0 Å². The summed E-state index contributed by atoms with van der Waals surface area (Å²) in [5.41, 5.74) is 5.72. The average Bonchev–Trinajstić information content (AvgIpc) is 2.40. The van der Waals surface area contributed by atoms with Crippen LogP contribution in [0.2, 0.25) is 0 Å². The first-order valence-electron chi connectivity index (χ1n) is 6.84. The summed E-state index contributed by atoms with van der Waals surface area (Å²) in [6.45, 7) is 2.63. The summed E-state index contributed by atoms with van der Waals surface area (Å²) < 4.78 is 0. The number of likely N-dealkylation sites (N-methyl/N-ethyl adjacent to an activating group) is 1. The van der Waals surface area contributed by atoms with Crippen LogP contribution in [0.1, 0.15) is 30.3 Å². The van der Waals surface area contributed by atoms with E-state index in [9.17, 15) is 9.59 Å². The van der Waals surface area contributed by atoms with Crippen LogP contribution in [-0.2, 0) is 4.79 Å². The van der Waals surface area contributed by atoms with Gasteiger partial charge in [0.2, 0.25) is 0 Å². The molecule has 0 saturated heterocycles. The highest BCUT2D eigenvalue weighted by Crippen LogP contribution is 2.25. The Hall–Kier alpha value is -2.22. The predicted octanol–water partition coefficient (Wildman–Crippen LogP) is -0.274. The van der Waals surface area contributed by atoms with E-state index in [0.717, 1.165) is 12.8 Å². The molecule has 8 nitrogen and oxygen atoms in total. The molecule has 0 aromatic carbocycles. The van der Waals surface area contributed by atoms with Crippen molar-refractivity contribution in [2.75, 3.05) is 18.8 Å². The minimum absolute atomic E-state index is 0.0201. The lowest BCUT2D eigenvalue weighted by molar-refractivity contribution is -0.139. The van der Waals surface area contributed by atoms with Gasteiger partial charge in [-0.1, -0.05) is 6.92 Å². The Morgan fingerprint density at radius 2 is 2.10 bits per heavy atom. The molecule has 114 valence electrons. The molecule has 0 bridgehead atoms. The summed E-state index contributed by atoms with van der Waals surface area (Å²) in [6, 6.07) is 0.211. The summed E-state index contributed by atoms with van der Waals surface area (Å²) in [7, 11) is 0. The predicted molar refractivity (Wildman–Crippen MR) is 75.6 cm³/mol. The van der Waals surface area contributed by atoms with Crippen LogP contribution in [0.15, 0.2) is 12.4 Å². The summed E-state index contributed by atoms with van der Waals surface area (Å²) >= 11 is 0. The second-order valence-electron chi connectivity index (χ2n) is 5.04. The average molecular weight is 293 g/mol. The number of carboxylic acid groups (broad SMARTS) is 1. The molecular formula is C13H19N5O3. The van der Waals surface area contributed by atoms with Gasteiger partial charge in [-0.3, -0.25) is 14.5 Å². The van der Waals surface area contributed by atoms with Crippen molar-refractivity contribution in [2.24, 2.45) is 0 Å². The van der Waals surface area contributed by atoms with Crippen molar-refractivity contribution in [3.8, 4) is 0 Å². The Bertz CT molecular complexity index is 530. The van der Waals surface area contributed by atoms with Gasteiger partial charge in [-0.05, 0) is 19.4 Å². The number of aliphatic carboxylic acids is 1. The second-order valence-corrected chi connectivity index (χ2v) is 5.04. The SMILES string of the molecule is CCN(CC(=O)O)C1CC(NC(=O)c2nccnc2N)C1. The molecule has 8 heteroatoms. The van der Waals surface area contributed by atoms with Crippen LogP contribution >= 0.6 is 0 Å². The topological polar surface area (TPSA) is 121 Å². The number of carbonyl (C=O) groups excluding carboxylic acids is 1. The van der Waals surface area contributed by atoms with Crippen LogP contribution in [0.25, 0.3) is 0 Å². The van der Waals surface area contributed by atoms with E-state index in [1.54, 1.807) is 0 Å². The minimum Gasteiger partial charge on any atom is -0.480 e. The van der Waals surface area contributed by atoms with Crippen LogP contribution in [0.3, 0.4) is 0 Å². The summed E-state index contributed by atoms with van der Waals surface area (Å²) in [4.78, 5) is 32.4. The molecule has 4 N–H and O–H groups in total. The van der Waals surface area contributed by atoms with Gasteiger partial charge in [0.25, 0.3) is 5.91 Å². The Morgan fingerprint density at radius 3 is 2.67 bits per heavy atom. The Labute approximate surface area is 122 Å². The number of nitrogen functional groups attached to an aromatic ring is 1. The molecule has 1 aliphatic carbocycles. The third-order valence-electron chi connectivity index (χ3n) is 3.65. The van der Waals surface area contributed by atoms with Crippen molar-refractivity contribution in [1.82, 2.24) is 20.2 Å². The largest absolute Gasteiger partial charge is 0.480 e. The first-order valence-corrected chi connectivity index (χ1v) is 6.84. The molecule has 0 unspecified atom stereocenters. The maximum absolute atomic E-state index is 12.0. The molecule has 2 rings (SSSR count). The van der Waals surface area contributed by atoms with Crippen molar-refractivity contribution >= 4 is 17.7 Å². The summed E-state index contributed by atoms with van der Waals surface area (Å²) in [5.74, 6) is -1.08. The van der Waals surface area contributed by atoms with Crippen LogP contribution < -0.4 is 11.1 Å². The zero-order chi connectivity index (χ0) is 15.4. The van der Waals surface area contributed by atoms with E-state index in [1.807, 2.05) is 11.8 Å². The third kappa shape index (κ3) is 3.66. The van der Waals surface area contributed by atoms with E-state index >= 15 is 0 Å². The fraction of sp³-hybridized carbons (Fsp3) is 0.538. The van der Waals surface area contributed by atoms with Gasteiger partial charge in [0.1, 0.15) is 0 Å². The zero-order valence-electron chi connectivity index (χ0n) is 11.8. The molecular weight excluding hydrogens is 274 g/mol. The van der Waals surface area contributed by atoms with Gasteiger partial charge in [-0.15, -0.1) is 0 Å². The van der Waals surface area contributed by atoms with Crippen molar-refractivity contribution in [3.05, 3.63) is 18.1 Å². The van der Waals surface area contributed by atoms with E-state index in [4.69, 9.17) is 10.8 Å². The number of amides is 1. The van der Waals surface area contributed by atoms with E-state index in [0.29, 0.717) is 6.54 Å². The molecule has 1 heterocycles. The van der Waals surface area contributed by atoms with Gasteiger partial charge in [0.15, 0.2) is 11.5 Å². The van der Waals surface area contributed by atoms with Crippen molar-refractivity contribution < 1.29 is 14.7 Å². The number of nitrogens with zero attached hydrogens (tertiary/aromatic N) is 3. The first kappa shape index (κ1) is 15.2.